The first-order valence-electron chi connectivity index (χ1n) is 8.58. The summed E-state index contributed by atoms with van der Waals surface area (Å²) in [6.07, 6.45) is 1.83. The predicted octanol–water partition coefficient (Wildman–Crippen LogP) is 6.83. The van der Waals surface area contributed by atoms with Crippen LogP contribution in [0.2, 0.25) is 0 Å². The molecule has 2 heterocycles. The van der Waals surface area contributed by atoms with Crippen LogP contribution >= 0.6 is 22.7 Å². The minimum Gasteiger partial charge on any atom is -0.355 e. The third-order valence-electron chi connectivity index (χ3n) is 4.23. The molecule has 0 aliphatic carbocycles. The van der Waals surface area contributed by atoms with Gasteiger partial charge in [0.25, 0.3) is 0 Å². The normalized spacial score (nSPS) is 11.0. The Morgan fingerprint density at radius 1 is 0.741 bits per heavy atom. The largest absolute Gasteiger partial charge is 0.355 e. The van der Waals surface area contributed by atoms with Crippen molar-refractivity contribution in [2.24, 2.45) is 0 Å². The Balaban J connectivity index is 1.45. The fourth-order valence-corrected chi connectivity index (χ4v) is 4.59. The molecule has 3 nitrogen and oxygen atoms in total. The third-order valence-corrected chi connectivity index (χ3v) is 6.14. The standard InChI is InChI=1S/C22H15N3S2/c1-2-10-20-19(9-1)25-22(27-20)16-6-4-8-18(14-16)24-17-7-3-5-15(13-17)21-23-11-12-26-21/h1-14,24H. The Labute approximate surface area is 165 Å². The monoisotopic (exact) mass is 385 g/mol. The smallest absolute Gasteiger partial charge is 0.124 e. The van der Waals surface area contributed by atoms with Gasteiger partial charge in [-0.2, -0.15) is 0 Å². The predicted molar refractivity (Wildman–Crippen MR) is 116 cm³/mol. The maximum Gasteiger partial charge on any atom is 0.124 e. The van der Waals surface area contributed by atoms with Gasteiger partial charge in [0, 0.05) is 34.1 Å². The van der Waals surface area contributed by atoms with Crippen LogP contribution in [0.1, 0.15) is 0 Å². The number of nitrogens with zero attached hydrogens (tertiary/aromatic N) is 2. The maximum atomic E-state index is 4.76. The number of fused-ring (bicyclic) bond motifs is 1. The SMILES string of the molecule is c1cc(Nc2cccc(-c3nc4ccccc4s3)c2)cc(-c2nccs2)c1. The van der Waals surface area contributed by atoms with Crippen molar-refractivity contribution >= 4 is 44.3 Å². The zero-order valence-electron chi connectivity index (χ0n) is 14.3. The van der Waals surface area contributed by atoms with E-state index in [1.54, 1.807) is 22.7 Å². The first kappa shape index (κ1) is 16.2. The van der Waals surface area contributed by atoms with Crippen LogP contribution in [0.25, 0.3) is 31.4 Å². The summed E-state index contributed by atoms with van der Waals surface area (Å²) in [5, 5.41) is 7.57. The van der Waals surface area contributed by atoms with E-state index in [1.807, 2.05) is 17.6 Å². The van der Waals surface area contributed by atoms with Gasteiger partial charge in [-0.25, -0.2) is 9.97 Å². The molecule has 130 valence electrons. The molecule has 0 aliphatic heterocycles. The quantitative estimate of drug-likeness (QED) is 0.368. The van der Waals surface area contributed by atoms with Gasteiger partial charge in [-0.3, -0.25) is 0 Å². The Bertz CT molecular complexity index is 1180. The highest BCUT2D eigenvalue weighted by Crippen LogP contribution is 2.32. The van der Waals surface area contributed by atoms with E-state index in [1.165, 1.54) is 4.70 Å². The van der Waals surface area contributed by atoms with Crippen LogP contribution in [0, 0.1) is 0 Å². The van der Waals surface area contributed by atoms with E-state index >= 15 is 0 Å². The lowest BCUT2D eigenvalue weighted by Gasteiger charge is -2.09. The molecule has 5 heteroatoms. The summed E-state index contributed by atoms with van der Waals surface area (Å²) in [7, 11) is 0. The van der Waals surface area contributed by atoms with Crippen molar-refractivity contribution in [3.8, 4) is 21.1 Å². The van der Waals surface area contributed by atoms with Crippen molar-refractivity contribution < 1.29 is 0 Å². The van der Waals surface area contributed by atoms with E-state index in [-0.39, 0.29) is 0 Å². The average molecular weight is 386 g/mol. The molecule has 27 heavy (non-hydrogen) atoms. The fraction of sp³-hybridized carbons (Fsp3) is 0. The molecule has 1 N–H and O–H groups in total. The van der Waals surface area contributed by atoms with Crippen molar-refractivity contribution in [1.82, 2.24) is 9.97 Å². The van der Waals surface area contributed by atoms with Crippen molar-refractivity contribution in [3.63, 3.8) is 0 Å². The minimum absolute atomic E-state index is 1.03. The summed E-state index contributed by atoms with van der Waals surface area (Å²) >= 11 is 3.37. The summed E-state index contributed by atoms with van der Waals surface area (Å²) in [5.74, 6) is 0. The van der Waals surface area contributed by atoms with Gasteiger partial charge in [-0.15, -0.1) is 22.7 Å². The molecule has 0 spiro atoms. The molecule has 0 radical (unpaired) electrons. The molecule has 0 amide bonds. The molecular weight excluding hydrogens is 370 g/mol. The lowest BCUT2D eigenvalue weighted by Crippen LogP contribution is -1.91. The molecule has 5 rings (SSSR count). The number of anilines is 2. The van der Waals surface area contributed by atoms with Gasteiger partial charge in [0.1, 0.15) is 10.0 Å². The van der Waals surface area contributed by atoms with Crippen molar-refractivity contribution in [2.75, 3.05) is 5.32 Å². The van der Waals surface area contributed by atoms with Crippen LogP contribution in [0.3, 0.4) is 0 Å². The summed E-state index contributed by atoms with van der Waals surface area (Å²) in [6, 6.07) is 25.0. The molecule has 3 aromatic carbocycles. The maximum absolute atomic E-state index is 4.76. The number of rotatable bonds is 4. The van der Waals surface area contributed by atoms with Gasteiger partial charge in [-0.05, 0) is 36.4 Å². The van der Waals surface area contributed by atoms with E-state index in [2.05, 4.69) is 77.0 Å². The van der Waals surface area contributed by atoms with Gasteiger partial charge >= 0.3 is 0 Å². The van der Waals surface area contributed by atoms with Crippen LogP contribution in [0.5, 0.6) is 0 Å². The highest BCUT2D eigenvalue weighted by Gasteiger charge is 2.07. The second-order valence-corrected chi connectivity index (χ2v) is 8.04. The number of hydrogen-bond acceptors (Lipinski definition) is 5. The van der Waals surface area contributed by atoms with Crippen molar-refractivity contribution in [1.29, 1.82) is 0 Å². The molecule has 0 fully saturated rings. The van der Waals surface area contributed by atoms with Gasteiger partial charge in [0.2, 0.25) is 0 Å². The molecule has 0 saturated heterocycles. The van der Waals surface area contributed by atoms with E-state index in [0.29, 0.717) is 0 Å². The molecule has 0 aliphatic rings. The Morgan fingerprint density at radius 3 is 2.19 bits per heavy atom. The number of thiazole rings is 2. The van der Waals surface area contributed by atoms with Crippen LogP contribution in [0.4, 0.5) is 11.4 Å². The van der Waals surface area contributed by atoms with Crippen molar-refractivity contribution in [2.45, 2.75) is 0 Å². The molecule has 5 aromatic rings. The molecule has 2 aromatic heterocycles. The summed E-state index contributed by atoms with van der Waals surface area (Å²) < 4.78 is 1.21. The van der Waals surface area contributed by atoms with E-state index in [0.717, 1.165) is 38.0 Å². The molecule has 0 atom stereocenters. The van der Waals surface area contributed by atoms with Crippen LogP contribution in [-0.4, -0.2) is 9.97 Å². The first-order valence-corrected chi connectivity index (χ1v) is 10.3. The van der Waals surface area contributed by atoms with Crippen molar-refractivity contribution in [3.05, 3.63) is 84.4 Å². The van der Waals surface area contributed by atoms with Crippen LogP contribution in [0.15, 0.2) is 84.4 Å². The van der Waals surface area contributed by atoms with Gasteiger partial charge in [-0.1, -0.05) is 36.4 Å². The Morgan fingerprint density at radius 2 is 1.48 bits per heavy atom. The Hall–Kier alpha value is -3.02. The van der Waals surface area contributed by atoms with Gasteiger partial charge in [0.15, 0.2) is 0 Å². The lowest BCUT2D eigenvalue weighted by molar-refractivity contribution is 1.41. The zero-order valence-corrected chi connectivity index (χ0v) is 15.9. The number of hydrogen-bond donors (Lipinski definition) is 1. The highest BCUT2D eigenvalue weighted by molar-refractivity contribution is 7.21. The Kier molecular flexibility index (Phi) is 4.16. The number of benzene rings is 3. The van der Waals surface area contributed by atoms with Crippen LogP contribution < -0.4 is 5.32 Å². The minimum atomic E-state index is 1.03. The lowest BCUT2D eigenvalue weighted by atomic mass is 10.1. The fourth-order valence-electron chi connectivity index (χ4n) is 2.99. The number of nitrogens with one attached hydrogen (secondary N) is 1. The topological polar surface area (TPSA) is 37.8 Å². The third kappa shape index (κ3) is 3.35. The molecule has 0 bridgehead atoms. The highest BCUT2D eigenvalue weighted by atomic mass is 32.1. The first-order chi connectivity index (χ1) is 13.3. The number of aromatic nitrogens is 2. The summed E-state index contributed by atoms with van der Waals surface area (Å²) in [4.78, 5) is 9.16. The molecule has 0 saturated carbocycles. The molecular formula is C22H15N3S2. The second kappa shape index (κ2) is 6.95. The number of para-hydroxylation sites is 1. The summed E-state index contributed by atoms with van der Waals surface area (Å²) in [5.41, 5.74) is 5.38. The van der Waals surface area contributed by atoms with E-state index < -0.39 is 0 Å². The van der Waals surface area contributed by atoms with Gasteiger partial charge in [0.05, 0.1) is 10.2 Å². The second-order valence-electron chi connectivity index (χ2n) is 6.11. The van der Waals surface area contributed by atoms with E-state index in [9.17, 15) is 0 Å². The molecule has 0 unspecified atom stereocenters. The average Bonchev–Trinajstić information content (AvgIpc) is 3.38. The summed E-state index contributed by atoms with van der Waals surface area (Å²) in [6.45, 7) is 0. The van der Waals surface area contributed by atoms with Crippen LogP contribution in [-0.2, 0) is 0 Å². The zero-order chi connectivity index (χ0) is 18.1. The van der Waals surface area contributed by atoms with E-state index in [4.69, 9.17) is 4.98 Å². The van der Waals surface area contributed by atoms with Gasteiger partial charge < -0.3 is 5.32 Å².